The molecule has 2 aromatic carbocycles. The number of Topliss-reactive ketones (excluding diaryl/α,β-unsaturated/α-hetero) is 1. The van der Waals surface area contributed by atoms with Crippen LogP contribution >= 0.6 is 11.6 Å². The Morgan fingerprint density at radius 2 is 1.84 bits per heavy atom. The Balaban J connectivity index is 1.76. The molecular formula is C18H11ClN4O2. The lowest BCUT2D eigenvalue weighted by molar-refractivity contribution is 0.0991. The normalized spacial score (nSPS) is 11.1. The van der Waals surface area contributed by atoms with Gasteiger partial charge >= 0.3 is 0 Å². The molecule has 0 unspecified atom stereocenters. The van der Waals surface area contributed by atoms with Crippen LogP contribution in [-0.2, 0) is 6.42 Å². The van der Waals surface area contributed by atoms with Crippen LogP contribution in [0.25, 0.3) is 16.6 Å². The van der Waals surface area contributed by atoms with Gasteiger partial charge in [0, 0.05) is 16.0 Å². The van der Waals surface area contributed by atoms with Crippen molar-refractivity contribution in [3.05, 3.63) is 81.5 Å². The number of nitrogens with zero attached hydrogens (tertiary/aromatic N) is 4. The van der Waals surface area contributed by atoms with Crippen LogP contribution in [0.15, 0.2) is 59.7 Å². The van der Waals surface area contributed by atoms with Gasteiger partial charge in [-0.1, -0.05) is 23.7 Å². The van der Waals surface area contributed by atoms with Crippen molar-refractivity contribution in [2.45, 2.75) is 6.42 Å². The third-order valence-corrected chi connectivity index (χ3v) is 4.10. The number of ketones is 1. The Hall–Kier alpha value is -3.12. The van der Waals surface area contributed by atoms with E-state index in [1.54, 1.807) is 24.3 Å². The first kappa shape index (κ1) is 15.4. The average molecular weight is 351 g/mol. The van der Waals surface area contributed by atoms with E-state index in [4.69, 9.17) is 11.6 Å². The van der Waals surface area contributed by atoms with Crippen LogP contribution in [0.1, 0.15) is 16.1 Å². The number of hydrogen-bond acceptors (Lipinski definition) is 5. The van der Waals surface area contributed by atoms with E-state index in [-0.39, 0.29) is 17.9 Å². The van der Waals surface area contributed by atoms with E-state index >= 15 is 0 Å². The molecule has 0 saturated heterocycles. The number of benzene rings is 2. The lowest BCUT2D eigenvalue weighted by Crippen LogP contribution is -2.22. The molecule has 25 heavy (non-hydrogen) atoms. The number of hydrogen-bond donors (Lipinski definition) is 0. The Morgan fingerprint density at radius 3 is 2.64 bits per heavy atom. The van der Waals surface area contributed by atoms with E-state index in [2.05, 4.69) is 15.1 Å². The molecule has 6 nitrogen and oxygen atoms in total. The van der Waals surface area contributed by atoms with Crippen LogP contribution in [-0.4, -0.2) is 25.4 Å². The maximum absolute atomic E-state index is 12.4. The number of halogens is 1. The molecule has 0 saturated carbocycles. The first-order chi connectivity index (χ1) is 12.1. The third kappa shape index (κ3) is 2.88. The highest BCUT2D eigenvalue weighted by atomic mass is 35.5. The van der Waals surface area contributed by atoms with Crippen molar-refractivity contribution < 1.29 is 4.79 Å². The number of para-hydroxylation sites is 1. The molecule has 0 amide bonds. The summed E-state index contributed by atoms with van der Waals surface area (Å²) in [6.07, 6.45) is 1.35. The first-order valence-corrected chi connectivity index (χ1v) is 7.92. The first-order valence-electron chi connectivity index (χ1n) is 7.54. The third-order valence-electron chi connectivity index (χ3n) is 3.85. The maximum atomic E-state index is 12.4. The lowest BCUT2D eigenvalue weighted by atomic mass is 10.1. The molecule has 0 fully saturated rings. The molecule has 4 rings (SSSR count). The molecule has 122 valence electrons. The second-order valence-corrected chi connectivity index (χ2v) is 5.94. The number of aromatic nitrogens is 4. The van der Waals surface area contributed by atoms with Gasteiger partial charge in [-0.3, -0.25) is 9.59 Å². The monoisotopic (exact) mass is 350 g/mol. The van der Waals surface area contributed by atoms with Crippen molar-refractivity contribution in [1.29, 1.82) is 0 Å². The van der Waals surface area contributed by atoms with E-state index < -0.39 is 5.56 Å². The van der Waals surface area contributed by atoms with E-state index in [0.29, 0.717) is 16.2 Å². The average Bonchev–Trinajstić information content (AvgIpc) is 2.63. The molecule has 2 aromatic heterocycles. The van der Waals surface area contributed by atoms with Crippen LogP contribution in [0, 0.1) is 0 Å². The fourth-order valence-corrected chi connectivity index (χ4v) is 2.72. The summed E-state index contributed by atoms with van der Waals surface area (Å²) in [4.78, 5) is 33.1. The van der Waals surface area contributed by atoms with Gasteiger partial charge in [-0.25, -0.2) is 9.50 Å². The minimum absolute atomic E-state index is 0.0783. The van der Waals surface area contributed by atoms with E-state index in [1.165, 1.54) is 10.8 Å². The SMILES string of the molecule is O=C(Cc1nn2cnc3ccccc3c2nc1=O)c1ccc(Cl)cc1. The van der Waals surface area contributed by atoms with Crippen molar-refractivity contribution in [2.75, 3.05) is 0 Å². The van der Waals surface area contributed by atoms with E-state index in [1.807, 2.05) is 24.3 Å². The van der Waals surface area contributed by atoms with Crippen LogP contribution in [0.5, 0.6) is 0 Å². The summed E-state index contributed by atoms with van der Waals surface area (Å²) in [6, 6.07) is 13.8. The highest BCUT2D eigenvalue weighted by Crippen LogP contribution is 2.14. The fraction of sp³-hybridized carbons (Fsp3) is 0.0556. The summed E-state index contributed by atoms with van der Waals surface area (Å²) >= 11 is 5.82. The van der Waals surface area contributed by atoms with Gasteiger partial charge < -0.3 is 0 Å². The smallest absolute Gasteiger partial charge is 0.294 e. The van der Waals surface area contributed by atoms with Gasteiger partial charge in [0.05, 0.1) is 11.9 Å². The summed E-state index contributed by atoms with van der Waals surface area (Å²) in [7, 11) is 0. The Kier molecular flexibility index (Phi) is 3.74. The number of carbonyl (C=O) groups excluding carboxylic acids is 1. The number of rotatable bonds is 3. The molecule has 2 heterocycles. The van der Waals surface area contributed by atoms with Gasteiger partial charge in [-0.15, -0.1) is 0 Å². The molecule has 0 spiro atoms. The van der Waals surface area contributed by atoms with Gasteiger partial charge in [0.1, 0.15) is 12.0 Å². The number of carbonyl (C=O) groups is 1. The van der Waals surface area contributed by atoms with Crippen molar-refractivity contribution >= 4 is 33.9 Å². The minimum atomic E-state index is -0.515. The molecule has 0 bridgehead atoms. The fourth-order valence-electron chi connectivity index (χ4n) is 2.59. The molecule has 0 aliphatic heterocycles. The summed E-state index contributed by atoms with van der Waals surface area (Å²) in [5.41, 5.74) is 1.17. The van der Waals surface area contributed by atoms with Crippen molar-refractivity contribution in [3.63, 3.8) is 0 Å². The van der Waals surface area contributed by atoms with Crippen molar-refractivity contribution in [2.24, 2.45) is 0 Å². The Bertz CT molecular complexity index is 1170. The minimum Gasteiger partial charge on any atom is -0.294 e. The van der Waals surface area contributed by atoms with Gasteiger partial charge in [-0.05, 0) is 36.4 Å². The molecule has 0 N–H and O–H groups in total. The maximum Gasteiger partial charge on any atom is 0.295 e. The topological polar surface area (TPSA) is 77.2 Å². The predicted molar refractivity (Wildman–Crippen MR) is 94.0 cm³/mol. The molecule has 7 heteroatoms. The molecule has 0 atom stereocenters. The van der Waals surface area contributed by atoms with E-state index in [0.717, 1.165) is 10.9 Å². The highest BCUT2D eigenvalue weighted by molar-refractivity contribution is 6.30. The zero-order valence-corrected chi connectivity index (χ0v) is 13.6. The van der Waals surface area contributed by atoms with Crippen molar-refractivity contribution in [3.8, 4) is 0 Å². The van der Waals surface area contributed by atoms with Gasteiger partial charge in [0.15, 0.2) is 11.4 Å². The summed E-state index contributed by atoms with van der Waals surface area (Å²) < 4.78 is 1.42. The van der Waals surface area contributed by atoms with Crippen LogP contribution in [0.3, 0.4) is 0 Å². The molecule has 0 aliphatic carbocycles. The van der Waals surface area contributed by atoms with Crippen molar-refractivity contribution in [1.82, 2.24) is 19.6 Å². The largest absolute Gasteiger partial charge is 0.295 e. The van der Waals surface area contributed by atoms with Crippen LogP contribution in [0.4, 0.5) is 0 Å². The second-order valence-electron chi connectivity index (χ2n) is 5.50. The Labute approximate surface area is 146 Å². The summed E-state index contributed by atoms with van der Waals surface area (Å²) in [5, 5.41) is 5.51. The van der Waals surface area contributed by atoms with Crippen LogP contribution in [0.2, 0.25) is 5.02 Å². The van der Waals surface area contributed by atoms with Gasteiger partial charge in [0.25, 0.3) is 5.56 Å². The molecule has 0 radical (unpaired) electrons. The van der Waals surface area contributed by atoms with Gasteiger partial charge in [0.2, 0.25) is 0 Å². The van der Waals surface area contributed by atoms with Crippen LogP contribution < -0.4 is 5.56 Å². The number of fused-ring (bicyclic) bond motifs is 3. The van der Waals surface area contributed by atoms with E-state index in [9.17, 15) is 9.59 Å². The second kappa shape index (κ2) is 6.07. The summed E-state index contributed by atoms with van der Waals surface area (Å²) in [6.45, 7) is 0. The standard InChI is InChI=1S/C18H11ClN4O2/c19-12-7-5-11(6-8-12)16(24)9-15-18(25)21-17-13-3-1-2-4-14(13)20-10-23(17)22-15/h1-8,10H,9H2. The summed E-state index contributed by atoms with van der Waals surface area (Å²) in [5.74, 6) is -0.225. The molecule has 0 aliphatic rings. The van der Waals surface area contributed by atoms with Gasteiger partial charge in [-0.2, -0.15) is 10.1 Å². The Morgan fingerprint density at radius 1 is 1.08 bits per heavy atom. The zero-order valence-electron chi connectivity index (χ0n) is 12.9. The predicted octanol–water partition coefficient (Wildman–Crippen LogP) is 2.72. The quantitative estimate of drug-likeness (QED) is 0.419. The zero-order chi connectivity index (χ0) is 17.4. The lowest BCUT2D eigenvalue weighted by Gasteiger charge is -2.05. The molecule has 4 aromatic rings. The molecular weight excluding hydrogens is 340 g/mol. The highest BCUT2D eigenvalue weighted by Gasteiger charge is 2.14.